The number of ether oxygens (including phenoxy) is 1. The molecule has 2 heterocycles. The summed E-state index contributed by atoms with van der Waals surface area (Å²) in [7, 11) is 0. The summed E-state index contributed by atoms with van der Waals surface area (Å²) in [6.45, 7) is 2.84. The Hall–Kier alpha value is -1.83. The van der Waals surface area contributed by atoms with Crippen molar-refractivity contribution in [3.8, 4) is 0 Å². The van der Waals surface area contributed by atoms with Crippen molar-refractivity contribution in [2.75, 3.05) is 31.3 Å². The van der Waals surface area contributed by atoms with Crippen LogP contribution in [0.5, 0.6) is 0 Å². The van der Waals surface area contributed by atoms with Crippen LogP contribution in [0.2, 0.25) is 0 Å². The zero-order valence-electron chi connectivity index (χ0n) is 13.7. The molecule has 0 spiro atoms. The third-order valence-corrected chi connectivity index (χ3v) is 4.88. The standard InChI is InChI=1S/C17H22N4O2S/c1-24-16-5-3-2-4-15(16)20-17(22)8-14-11-23-7-6-21(14)10-13-9-18-12-19-13/h2-5,9,12,14H,6-8,10-11H2,1H3,(H,18,19)(H,20,22)/t14-/m0/s1. The number of H-pyrrole nitrogens is 1. The van der Waals surface area contributed by atoms with Gasteiger partial charge in [-0.3, -0.25) is 9.69 Å². The van der Waals surface area contributed by atoms with E-state index >= 15 is 0 Å². The molecule has 0 aliphatic carbocycles. The van der Waals surface area contributed by atoms with Crippen LogP contribution in [0.15, 0.2) is 41.7 Å². The fourth-order valence-electron chi connectivity index (χ4n) is 2.84. The Morgan fingerprint density at radius 1 is 1.50 bits per heavy atom. The van der Waals surface area contributed by atoms with Gasteiger partial charge in [0.1, 0.15) is 0 Å². The van der Waals surface area contributed by atoms with E-state index in [0.717, 1.165) is 29.4 Å². The molecule has 1 aromatic heterocycles. The van der Waals surface area contributed by atoms with Crippen molar-refractivity contribution in [3.63, 3.8) is 0 Å². The number of nitrogens with one attached hydrogen (secondary N) is 2. The number of hydrogen-bond donors (Lipinski definition) is 2. The largest absolute Gasteiger partial charge is 0.378 e. The second kappa shape index (κ2) is 8.32. The number of hydrogen-bond acceptors (Lipinski definition) is 5. The number of para-hydroxylation sites is 1. The highest BCUT2D eigenvalue weighted by Crippen LogP contribution is 2.25. The lowest BCUT2D eigenvalue weighted by Crippen LogP contribution is -2.46. The van der Waals surface area contributed by atoms with Gasteiger partial charge in [-0.25, -0.2) is 4.98 Å². The number of benzene rings is 1. The van der Waals surface area contributed by atoms with Gasteiger partial charge < -0.3 is 15.0 Å². The highest BCUT2D eigenvalue weighted by atomic mass is 32.2. The molecule has 1 saturated heterocycles. The Balaban J connectivity index is 1.61. The predicted octanol–water partition coefficient (Wildman–Crippen LogP) is 2.36. The zero-order valence-corrected chi connectivity index (χ0v) is 14.5. The molecule has 1 aromatic carbocycles. The first-order chi connectivity index (χ1) is 11.8. The van der Waals surface area contributed by atoms with Crippen molar-refractivity contribution >= 4 is 23.4 Å². The summed E-state index contributed by atoms with van der Waals surface area (Å²) in [5, 5.41) is 3.03. The molecule has 0 saturated carbocycles. The summed E-state index contributed by atoms with van der Waals surface area (Å²) in [5.41, 5.74) is 1.92. The minimum atomic E-state index is 0.0154. The van der Waals surface area contributed by atoms with Gasteiger partial charge in [0, 0.05) is 42.3 Å². The van der Waals surface area contributed by atoms with Crippen LogP contribution < -0.4 is 5.32 Å². The molecule has 3 rings (SSSR count). The Kier molecular flexibility index (Phi) is 5.90. The first-order valence-electron chi connectivity index (χ1n) is 7.98. The molecule has 1 atom stereocenters. The van der Waals surface area contributed by atoms with Crippen molar-refractivity contribution in [2.24, 2.45) is 0 Å². The number of aromatic amines is 1. The molecule has 2 aromatic rings. The van der Waals surface area contributed by atoms with Gasteiger partial charge in [0.2, 0.25) is 5.91 Å². The van der Waals surface area contributed by atoms with E-state index in [4.69, 9.17) is 4.74 Å². The quantitative estimate of drug-likeness (QED) is 0.786. The summed E-state index contributed by atoms with van der Waals surface area (Å²) >= 11 is 1.63. The molecule has 1 aliphatic heterocycles. The topological polar surface area (TPSA) is 70.2 Å². The number of morpholine rings is 1. The van der Waals surface area contributed by atoms with E-state index in [-0.39, 0.29) is 11.9 Å². The average molecular weight is 346 g/mol. The molecule has 128 valence electrons. The predicted molar refractivity (Wildman–Crippen MR) is 95.1 cm³/mol. The summed E-state index contributed by atoms with van der Waals surface area (Å²) < 4.78 is 5.58. The monoisotopic (exact) mass is 346 g/mol. The Bertz CT molecular complexity index is 662. The van der Waals surface area contributed by atoms with Gasteiger partial charge in [0.25, 0.3) is 0 Å². The van der Waals surface area contributed by atoms with E-state index in [9.17, 15) is 4.79 Å². The van der Waals surface area contributed by atoms with Gasteiger partial charge in [-0.1, -0.05) is 12.1 Å². The minimum absolute atomic E-state index is 0.0154. The molecule has 7 heteroatoms. The fourth-order valence-corrected chi connectivity index (χ4v) is 3.39. The summed E-state index contributed by atoms with van der Waals surface area (Å²) in [6, 6.07) is 7.92. The van der Waals surface area contributed by atoms with Crippen LogP contribution in [-0.2, 0) is 16.1 Å². The molecule has 1 amide bonds. The molecule has 0 bridgehead atoms. The van der Waals surface area contributed by atoms with Gasteiger partial charge >= 0.3 is 0 Å². The number of carbonyl (C=O) groups is 1. The van der Waals surface area contributed by atoms with Crippen LogP contribution in [0.4, 0.5) is 5.69 Å². The fraction of sp³-hybridized carbons (Fsp3) is 0.412. The number of carbonyl (C=O) groups excluding carboxylic acids is 1. The van der Waals surface area contributed by atoms with E-state index in [1.54, 1.807) is 18.1 Å². The lowest BCUT2D eigenvalue weighted by atomic mass is 10.1. The van der Waals surface area contributed by atoms with Gasteiger partial charge in [-0.2, -0.15) is 0 Å². The zero-order chi connectivity index (χ0) is 16.8. The van der Waals surface area contributed by atoms with Crippen molar-refractivity contribution in [2.45, 2.75) is 23.9 Å². The number of nitrogens with zero attached hydrogens (tertiary/aromatic N) is 2. The normalized spacial score (nSPS) is 18.5. The van der Waals surface area contributed by atoms with Crippen molar-refractivity contribution in [1.82, 2.24) is 14.9 Å². The summed E-state index contributed by atoms with van der Waals surface area (Å²) in [6.07, 6.45) is 5.92. The van der Waals surface area contributed by atoms with Crippen LogP contribution in [0.1, 0.15) is 12.1 Å². The Morgan fingerprint density at radius 3 is 3.17 bits per heavy atom. The van der Waals surface area contributed by atoms with Crippen molar-refractivity contribution < 1.29 is 9.53 Å². The molecule has 6 nitrogen and oxygen atoms in total. The van der Waals surface area contributed by atoms with Crippen LogP contribution in [0, 0.1) is 0 Å². The second-order valence-electron chi connectivity index (χ2n) is 5.73. The molecule has 24 heavy (non-hydrogen) atoms. The van der Waals surface area contributed by atoms with Crippen LogP contribution >= 0.6 is 11.8 Å². The van der Waals surface area contributed by atoms with E-state index < -0.39 is 0 Å². The van der Waals surface area contributed by atoms with Gasteiger partial charge in [0.15, 0.2) is 0 Å². The Morgan fingerprint density at radius 2 is 2.38 bits per heavy atom. The number of aromatic nitrogens is 2. The van der Waals surface area contributed by atoms with E-state index in [1.807, 2.05) is 36.7 Å². The van der Waals surface area contributed by atoms with Crippen molar-refractivity contribution in [1.29, 1.82) is 0 Å². The van der Waals surface area contributed by atoms with Crippen molar-refractivity contribution in [3.05, 3.63) is 42.5 Å². The van der Waals surface area contributed by atoms with Gasteiger partial charge in [-0.15, -0.1) is 11.8 Å². The lowest BCUT2D eigenvalue weighted by Gasteiger charge is -2.34. The Labute approximate surface area is 146 Å². The maximum atomic E-state index is 12.5. The number of anilines is 1. The molecule has 0 radical (unpaired) electrons. The third-order valence-electron chi connectivity index (χ3n) is 4.08. The first kappa shape index (κ1) is 17.0. The molecule has 1 fully saturated rings. The van der Waals surface area contributed by atoms with Gasteiger partial charge in [0.05, 0.1) is 25.2 Å². The number of imidazole rings is 1. The highest BCUT2D eigenvalue weighted by Gasteiger charge is 2.26. The maximum Gasteiger partial charge on any atom is 0.226 e. The van der Waals surface area contributed by atoms with E-state index in [0.29, 0.717) is 19.6 Å². The molecule has 2 N–H and O–H groups in total. The first-order valence-corrected chi connectivity index (χ1v) is 9.20. The second-order valence-corrected chi connectivity index (χ2v) is 6.58. The smallest absolute Gasteiger partial charge is 0.226 e. The number of thioether (sulfide) groups is 1. The lowest BCUT2D eigenvalue weighted by molar-refractivity contribution is -0.119. The average Bonchev–Trinajstić information content (AvgIpc) is 3.10. The molecule has 1 aliphatic rings. The number of rotatable bonds is 6. The third kappa shape index (κ3) is 4.37. The van der Waals surface area contributed by atoms with Crippen LogP contribution in [0.3, 0.4) is 0 Å². The molecule has 0 unspecified atom stereocenters. The van der Waals surface area contributed by atoms with Gasteiger partial charge in [-0.05, 0) is 18.4 Å². The minimum Gasteiger partial charge on any atom is -0.378 e. The van der Waals surface area contributed by atoms with E-state index in [2.05, 4.69) is 20.2 Å². The highest BCUT2D eigenvalue weighted by molar-refractivity contribution is 7.98. The maximum absolute atomic E-state index is 12.5. The molecular formula is C17H22N4O2S. The molecular weight excluding hydrogens is 324 g/mol. The van der Waals surface area contributed by atoms with E-state index in [1.165, 1.54) is 0 Å². The SMILES string of the molecule is CSc1ccccc1NC(=O)C[C@H]1COCCN1Cc1cnc[nH]1. The number of amides is 1. The summed E-state index contributed by atoms with van der Waals surface area (Å²) in [4.78, 5) is 23.0. The summed E-state index contributed by atoms with van der Waals surface area (Å²) in [5.74, 6) is 0.0154. The van der Waals surface area contributed by atoms with Crippen LogP contribution in [0.25, 0.3) is 0 Å². The van der Waals surface area contributed by atoms with Crippen LogP contribution in [-0.4, -0.2) is 52.8 Å².